The summed E-state index contributed by atoms with van der Waals surface area (Å²) in [6.45, 7) is 0.987. The van der Waals surface area contributed by atoms with Crippen molar-refractivity contribution in [3.8, 4) is 11.5 Å². The van der Waals surface area contributed by atoms with Gasteiger partial charge in [-0.1, -0.05) is 15.9 Å². The van der Waals surface area contributed by atoms with Gasteiger partial charge in [-0.3, -0.25) is 4.72 Å². The van der Waals surface area contributed by atoms with E-state index >= 15 is 0 Å². The van der Waals surface area contributed by atoms with Gasteiger partial charge in [-0.25, -0.2) is 16.8 Å². The van der Waals surface area contributed by atoms with Gasteiger partial charge in [0.25, 0.3) is 10.0 Å². The number of morpholine rings is 1. The summed E-state index contributed by atoms with van der Waals surface area (Å²) in [5.41, 5.74) is 0.0738. The number of hydrogen-bond donors (Lipinski definition) is 1. The lowest BCUT2D eigenvalue weighted by atomic mass is 10.3. The van der Waals surface area contributed by atoms with Gasteiger partial charge < -0.3 is 14.2 Å². The third kappa shape index (κ3) is 4.72. The number of sulfonamides is 2. The van der Waals surface area contributed by atoms with Gasteiger partial charge in [0.1, 0.15) is 21.3 Å². The molecule has 1 N–H and O–H groups in total. The van der Waals surface area contributed by atoms with E-state index in [1.165, 1.54) is 48.9 Å². The highest BCUT2D eigenvalue weighted by Gasteiger charge is 2.30. The molecule has 2 aromatic carbocycles. The molecule has 1 aliphatic rings. The fourth-order valence-corrected chi connectivity index (χ4v) is 6.29. The largest absolute Gasteiger partial charge is 0.495 e. The first-order chi connectivity index (χ1) is 14.2. The maximum absolute atomic E-state index is 13.1. The van der Waals surface area contributed by atoms with Crippen LogP contribution in [0.2, 0.25) is 0 Å². The number of ether oxygens (including phenoxy) is 3. The summed E-state index contributed by atoms with van der Waals surface area (Å²) in [6, 6.07) is 8.64. The predicted molar refractivity (Wildman–Crippen MR) is 114 cm³/mol. The van der Waals surface area contributed by atoms with E-state index in [4.69, 9.17) is 14.2 Å². The number of anilines is 1. The van der Waals surface area contributed by atoms with Gasteiger partial charge >= 0.3 is 0 Å². The highest BCUT2D eigenvalue weighted by molar-refractivity contribution is 9.10. The van der Waals surface area contributed by atoms with Crippen molar-refractivity contribution in [3.63, 3.8) is 0 Å². The van der Waals surface area contributed by atoms with Crippen molar-refractivity contribution in [3.05, 3.63) is 40.9 Å². The Kier molecular flexibility index (Phi) is 6.92. The normalized spacial score (nSPS) is 15.6. The van der Waals surface area contributed by atoms with Crippen LogP contribution in [-0.4, -0.2) is 61.7 Å². The van der Waals surface area contributed by atoms with Gasteiger partial charge in [0, 0.05) is 17.6 Å². The van der Waals surface area contributed by atoms with Crippen LogP contribution in [0.1, 0.15) is 0 Å². The summed E-state index contributed by atoms with van der Waals surface area (Å²) in [5.74, 6) is 0.268. The molecule has 0 aromatic heterocycles. The van der Waals surface area contributed by atoms with Crippen LogP contribution in [0, 0.1) is 0 Å². The molecular formula is C18H21BrN2O7S2. The summed E-state index contributed by atoms with van der Waals surface area (Å²) < 4.78 is 71.8. The number of hydrogen-bond acceptors (Lipinski definition) is 7. The molecule has 2 aromatic rings. The molecule has 0 aliphatic carbocycles. The monoisotopic (exact) mass is 520 g/mol. The smallest absolute Gasteiger partial charge is 0.265 e. The molecule has 12 heteroatoms. The SMILES string of the molecule is COc1ccc(Br)cc1S(=O)(=O)Nc1ccc(OC)c(S(=O)(=O)N2CCOCC2)c1. The van der Waals surface area contributed by atoms with Crippen LogP contribution in [0.3, 0.4) is 0 Å². The van der Waals surface area contributed by atoms with Crippen molar-refractivity contribution in [2.75, 3.05) is 45.2 Å². The van der Waals surface area contributed by atoms with Crippen molar-refractivity contribution >= 4 is 41.7 Å². The molecule has 1 saturated heterocycles. The molecule has 0 atom stereocenters. The van der Waals surface area contributed by atoms with Crippen molar-refractivity contribution in [2.24, 2.45) is 0 Å². The van der Waals surface area contributed by atoms with Gasteiger partial charge in [0.2, 0.25) is 10.0 Å². The van der Waals surface area contributed by atoms with Crippen LogP contribution < -0.4 is 14.2 Å². The van der Waals surface area contributed by atoms with E-state index in [2.05, 4.69) is 20.7 Å². The second-order valence-electron chi connectivity index (χ2n) is 6.28. The summed E-state index contributed by atoms with van der Waals surface area (Å²) in [6.07, 6.45) is 0. The minimum Gasteiger partial charge on any atom is -0.495 e. The summed E-state index contributed by atoms with van der Waals surface area (Å²) >= 11 is 3.24. The molecule has 1 aliphatic heterocycles. The highest BCUT2D eigenvalue weighted by atomic mass is 79.9. The molecule has 0 spiro atoms. The molecule has 164 valence electrons. The standard InChI is InChI=1S/C18H21BrN2O7S2/c1-26-15-5-3-13(19)11-17(15)29(22,23)20-14-4-6-16(27-2)18(12-14)30(24,25)21-7-9-28-10-8-21/h3-6,11-12,20H,7-10H2,1-2H3. The van der Waals surface area contributed by atoms with Gasteiger partial charge in [0.15, 0.2) is 0 Å². The minimum atomic E-state index is -4.06. The van der Waals surface area contributed by atoms with Crippen LogP contribution >= 0.6 is 15.9 Å². The Hall–Kier alpha value is -1.86. The topological polar surface area (TPSA) is 111 Å². The van der Waals surface area contributed by atoms with E-state index in [0.29, 0.717) is 4.47 Å². The molecule has 9 nitrogen and oxygen atoms in total. The maximum Gasteiger partial charge on any atom is 0.265 e. The fraction of sp³-hybridized carbons (Fsp3) is 0.333. The van der Waals surface area contributed by atoms with Crippen LogP contribution in [-0.2, 0) is 24.8 Å². The first-order valence-electron chi connectivity index (χ1n) is 8.81. The van der Waals surface area contributed by atoms with Crippen molar-refractivity contribution in [2.45, 2.75) is 9.79 Å². The highest BCUT2D eigenvalue weighted by Crippen LogP contribution is 2.33. The summed E-state index contributed by atoms with van der Waals surface area (Å²) in [5, 5.41) is 0. The third-order valence-corrected chi connectivity index (χ3v) is 8.23. The third-order valence-electron chi connectivity index (χ3n) is 4.42. The van der Waals surface area contributed by atoms with Crippen molar-refractivity contribution in [1.29, 1.82) is 0 Å². The van der Waals surface area contributed by atoms with Crippen LogP contribution in [0.5, 0.6) is 11.5 Å². The Bertz CT molecular complexity index is 1130. The van der Waals surface area contributed by atoms with Gasteiger partial charge in [-0.2, -0.15) is 4.31 Å². The number of methoxy groups -OCH3 is 2. The molecule has 30 heavy (non-hydrogen) atoms. The Morgan fingerprint density at radius 2 is 1.53 bits per heavy atom. The average molecular weight is 521 g/mol. The molecular weight excluding hydrogens is 500 g/mol. The Morgan fingerprint density at radius 1 is 0.933 bits per heavy atom. The van der Waals surface area contributed by atoms with Crippen LogP contribution in [0.15, 0.2) is 50.7 Å². The van der Waals surface area contributed by atoms with E-state index in [9.17, 15) is 16.8 Å². The molecule has 0 saturated carbocycles. The molecule has 0 bridgehead atoms. The zero-order chi connectivity index (χ0) is 21.9. The van der Waals surface area contributed by atoms with Crippen molar-refractivity contribution < 1.29 is 31.0 Å². The van der Waals surface area contributed by atoms with E-state index < -0.39 is 20.0 Å². The van der Waals surface area contributed by atoms with E-state index in [1.54, 1.807) is 6.07 Å². The molecule has 0 amide bonds. The minimum absolute atomic E-state index is 0.0738. The lowest BCUT2D eigenvalue weighted by Gasteiger charge is -2.26. The number of nitrogens with one attached hydrogen (secondary N) is 1. The van der Waals surface area contributed by atoms with Crippen molar-refractivity contribution in [1.82, 2.24) is 4.31 Å². The summed E-state index contributed by atoms with van der Waals surface area (Å²) in [7, 11) is -5.25. The number of halogens is 1. The maximum atomic E-state index is 13.1. The Morgan fingerprint density at radius 3 is 2.17 bits per heavy atom. The molecule has 1 fully saturated rings. The number of nitrogens with zero attached hydrogens (tertiary/aromatic N) is 1. The van der Waals surface area contributed by atoms with Crippen LogP contribution in [0.25, 0.3) is 0 Å². The second kappa shape index (κ2) is 9.10. The Labute approximate surface area is 184 Å². The fourth-order valence-electron chi connectivity index (χ4n) is 2.94. The first kappa shape index (κ1) is 22.8. The molecule has 3 rings (SSSR count). The quantitative estimate of drug-likeness (QED) is 0.595. The first-order valence-corrected chi connectivity index (χ1v) is 12.5. The average Bonchev–Trinajstić information content (AvgIpc) is 2.74. The number of rotatable bonds is 7. The van der Waals surface area contributed by atoms with E-state index in [1.807, 2.05) is 0 Å². The van der Waals surface area contributed by atoms with Gasteiger partial charge in [-0.05, 0) is 36.4 Å². The predicted octanol–water partition coefficient (Wildman–Crippen LogP) is 2.29. The van der Waals surface area contributed by atoms with E-state index in [0.717, 1.165) is 0 Å². The molecule has 0 unspecified atom stereocenters. The Balaban J connectivity index is 2.00. The van der Waals surface area contributed by atoms with Crippen LogP contribution in [0.4, 0.5) is 5.69 Å². The lowest BCUT2D eigenvalue weighted by Crippen LogP contribution is -2.40. The van der Waals surface area contributed by atoms with Gasteiger partial charge in [-0.15, -0.1) is 0 Å². The zero-order valence-corrected chi connectivity index (χ0v) is 19.5. The lowest BCUT2D eigenvalue weighted by molar-refractivity contribution is 0.0729. The zero-order valence-electron chi connectivity index (χ0n) is 16.3. The van der Waals surface area contributed by atoms with Gasteiger partial charge in [0.05, 0.1) is 33.1 Å². The molecule has 0 radical (unpaired) electrons. The summed E-state index contributed by atoms with van der Waals surface area (Å²) in [4.78, 5) is -0.221. The van der Waals surface area contributed by atoms with E-state index in [-0.39, 0.29) is 53.3 Å². The second-order valence-corrected chi connectivity index (χ2v) is 10.8. The number of benzene rings is 2. The molecule has 1 heterocycles.